The van der Waals surface area contributed by atoms with Crippen LogP contribution in [0.5, 0.6) is 5.75 Å². The Labute approximate surface area is 296 Å². The summed E-state index contributed by atoms with van der Waals surface area (Å²) in [5, 5.41) is 6.70. The lowest BCUT2D eigenvalue weighted by Crippen LogP contribution is -2.33. The topological polar surface area (TPSA) is 366 Å². The number of phosphoric ester groups is 1. The van der Waals surface area contributed by atoms with Gasteiger partial charge in [0.05, 0.1) is 30.9 Å². The van der Waals surface area contributed by atoms with Crippen molar-refractivity contribution in [1.82, 2.24) is 9.55 Å². The van der Waals surface area contributed by atoms with Crippen molar-refractivity contribution in [2.75, 3.05) is 19.9 Å². The maximum atomic E-state index is 12.8. The smallest absolute Gasteiger partial charge is 0.490 e. The number of rotatable bonds is 17. The molecule has 1 aromatic heterocycles. The number of hydrogen-bond donors (Lipinski definition) is 5. The molecule has 2 aliphatic rings. The molecule has 1 aliphatic carbocycles. The van der Waals surface area contributed by atoms with Crippen LogP contribution < -0.4 is 16.0 Å². The third-order valence-corrected chi connectivity index (χ3v) is 10.9. The average Bonchev–Trinajstić information content (AvgIpc) is 3.44. The molecule has 1 saturated heterocycles. The summed E-state index contributed by atoms with van der Waals surface area (Å²) in [6.45, 7) is -2.25. The standard InChI is InChI=1S/C25H29N8O17P3/c26-31-28-11-16-9-18(47-17-4-1-5-17)6-7-19(16)24(35)44-8-2-3-15-12-33(25(36)30-23(15)34)22-10-20(45-14-29-32-27)21(48-22)13-46-52(40,41)50-53(42,43)49-51(37,38)39/h6-7,9,12,17,20-22H,1,4-5,8,10-11,13-14H2,(H,40,41)(H,42,43)(H,30,34,36)(H2,37,38,39)/t20-,21-,22-/m1/s1. The fourth-order valence-corrected chi connectivity index (χ4v) is 7.71. The molecule has 0 radical (unpaired) electrons. The Bertz CT molecular complexity index is 2110. The highest BCUT2D eigenvalue weighted by Gasteiger charge is 2.43. The van der Waals surface area contributed by atoms with Gasteiger partial charge in [-0.15, -0.1) is 0 Å². The Morgan fingerprint density at radius 3 is 2.47 bits per heavy atom. The summed E-state index contributed by atoms with van der Waals surface area (Å²) < 4.78 is 69.6. The van der Waals surface area contributed by atoms with Gasteiger partial charge in [0.15, 0.2) is 6.61 Å². The molecule has 286 valence electrons. The van der Waals surface area contributed by atoms with E-state index in [0.29, 0.717) is 11.3 Å². The molecule has 0 spiro atoms. The quantitative estimate of drug-likeness (QED) is 0.0383. The molecule has 28 heteroatoms. The summed E-state index contributed by atoms with van der Waals surface area (Å²) in [6.07, 6.45) is -0.190. The van der Waals surface area contributed by atoms with E-state index >= 15 is 0 Å². The number of nitrogens with zero attached hydrogens (tertiary/aromatic N) is 7. The third-order valence-electron chi connectivity index (χ3n) is 7.14. The summed E-state index contributed by atoms with van der Waals surface area (Å²) in [6, 6.07) is 4.60. The Kier molecular flexibility index (Phi) is 14.2. The highest BCUT2D eigenvalue weighted by molar-refractivity contribution is 7.66. The second-order valence-electron chi connectivity index (χ2n) is 10.8. The van der Waals surface area contributed by atoms with E-state index in [1.54, 1.807) is 12.1 Å². The van der Waals surface area contributed by atoms with Crippen LogP contribution >= 0.6 is 23.5 Å². The lowest BCUT2D eigenvalue weighted by atomic mass is 9.96. The van der Waals surface area contributed by atoms with Crippen LogP contribution in [0, 0.1) is 11.8 Å². The van der Waals surface area contributed by atoms with Crippen LogP contribution in [-0.4, -0.2) is 73.4 Å². The second kappa shape index (κ2) is 18.1. The van der Waals surface area contributed by atoms with Crippen LogP contribution in [-0.2, 0) is 47.6 Å². The van der Waals surface area contributed by atoms with Gasteiger partial charge in [-0.3, -0.25) is 18.9 Å². The molecule has 53 heavy (non-hydrogen) atoms. The van der Waals surface area contributed by atoms with Gasteiger partial charge in [0, 0.05) is 22.4 Å². The zero-order chi connectivity index (χ0) is 38.8. The van der Waals surface area contributed by atoms with Gasteiger partial charge in [0.25, 0.3) is 5.56 Å². The second-order valence-corrected chi connectivity index (χ2v) is 15.2. The van der Waals surface area contributed by atoms with Crippen molar-refractivity contribution in [2.45, 2.75) is 56.8 Å². The van der Waals surface area contributed by atoms with E-state index in [2.05, 4.69) is 45.0 Å². The Morgan fingerprint density at radius 2 is 1.81 bits per heavy atom. The van der Waals surface area contributed by atoms with Gasteiger partial charge in [-0.1, -0.05) is 22.1 Å². The van der Waals surface area contributed by atoms with Crippen molar-refractivity contribution in [3.63, 3.8) is 0 Å². The number of nitrogens with one attached hydrogen (secondary N) is 1. The van der Waals surface area contributed by atoms with E-state index in [-0.39, 0.29) is 30.2 Å². The van der Waals surface area contributed by atoms with Crippen LogP contribution in [0.2, 0.25) is 0 Å². The maximum Gasteiger partial charge on any atom is 0.490 e. The molecule has 2 fully saturated rings. The molecule has 2 heterocycles. The number of carbonyl (C=O) groups excluding carboxylic acids is 1. The first-order chi connectivity index (χ1) is 25.0. The van der Waals surface area contributed by atoms with E-state index in [4.69, 9.17) is 39.8 Å². The molecule has 5 N–H and O–H groups in total. The minimum Gasteiger partial charge on any atom is -0.490 e. The van der Waals surface area contributed by atoms with Crippen LogP contribution in [0.25, 0.3) is 20.9 Å². The number of ether oxygens (including phenoxy) is 4. The van der Waals surface area contributed by atoms with Crippen LogP contribution in [0.1, 0.15) is 53.4 Å². The van der Waals surface area contributed by atoms with Crippen LogP contribution in [0.15, 0.2) is 44.2 Å². The van der Waals surface area contributed by atoms with E-state index in [1.807, 2.05) is 4.98 Å². The summed E-state index contributed by atoms with van der Waals surface area (Å²) >= 11 is 0. The highest BCUT2D eigenvalue weighted by Crippen LogP contribution is 2.66. The first kappa shape index (κ1) is 41.4. The Balaban J connectivity index is 1.45. The minimum absolute atomic E-state index is 0.0622. The fraction of sp³-hybridized carbons (Fsp3) is 0.480. The van der Waals surface area contributed by atoms with Crippen molar-refractivity contribution in [3.8, 4) is 17.6 Å². The molecule has 2 aromatic rings. The molecular formula is C25H29N8O17P3. The molecular weight excluding hydrogens is 777 g/mol. The Morgan fingerprint density at radius 1 is 1.08 bits per heavy atom. The zero-order valence-electron chi connectivity index (χ0n) is 26.8. The predicted octanol–water partition coefficient (Wildman–Crippen LogP) is 2.77. The van der Waals surface area contributed by atoms with Gasteiger partial charge in [0.1, 0.15) is 30.4 Å². The van der Waals surface area contributed by atoms with Gasteiger partial charge >= 0.3 is 35.1 Å². The number of benzene rings is 1. The van der Waals surface area contributed by atoms with E-state index < -0.39 is 79.1 Å². The highest BCUT2D eigenvalue weighted by atomic mass is 31.3. The predicted molar refractivity (Wildman–Crippen MR) is 173 cm³/mol. The first-order valence-corrected chi connectivity index (χ1v) is 19.4. The lowest BCUT2D eigenvalue weighted by Gasteiger charge is -2.26. The molecule has 0 bridgehead atoms. The van der Waals surface area contributed by atoms with Crippen molar-refractivity contribution in [1.29, 1.82) is 0 Å². The van der Waals surface area contributed by atoms with Crippen LogP contribution in [0.3, 0.4) is 0 Å². The first-order valence-electron chi connectivity index (χ1n) is 14.9. The molecule has 4 rings (SSSR count). The van der Waals surface area contributed by atoms with Gasteiger partial charge in [-0.25, -0.2) is 23.3 Å². The van der Waals surface area contributed by atoms with E-state index in [0.717, 1.165) is 30.0 Å². The average molecular weight is 806 g/mol. The number of hydrogen-bond acceptors (Lipinski definition) is 15. The largest absolute Gasteiger partial charge is 0.490 e. The maximum absolute atomic E-state index is 12.8. The molecule has 1 aromatic carbocycles. The molecule has 2 unspecified atom stereocenters. The van der Waals surface area contributed by atoms with Crippen molar-refractivity contribution in [3.05, 3.63) is 82.8 Å². The number of esters is 1. The van der Waals surface area contributed by atoms with Crippen molar-refractivity contribution in [2.24, 2.45) is 10.2 Å². The molecule has 5 atom stereocenters. The summed E-state index contributed by atoms with van der Waals surface area (Å²) in [7, 11) is -17.0. The van der Waals surface area contributed by atoms with Gasteiger partial charge < -0.3 is 38.5 Å². The minimum atomic E-state index is -5.82. The van der Waals surface area contributed by atoms with E-state index in [1.165, 1.54) is 6.07 Å². The SMILES string of the molecule is [N-]=[N+]=NCO[C@@H]1C[C@H](n2cc(C#CCOC(=O)c3ccc(OC4CCC4)cc3CN=[N+]=[N-])c(=O)[nH]c2=O)O[C@@H]1COP(=O)(O)OP(=O)(O)OP(=O)(O)O. The molecule has 25 nitrogen and oxygen atoms in total. The Hall–Kier alpha value is -4.32. The lowest BCUT2D eigenvalue weighted by molar-refractivity contribution is -0.0601. The number of aromatic nitrogens is 2. The molecule has 1 aliphatic heterocycles. The summed E-state index contributed by atoms with van der Waals surface area (Å²) in [4.78, 5) is 81.9. The number of azide groups is 2. The third kappa shape index (κ3) is 12.7. The summed E-state index contributed by atoms with van der Waals surface area (Å²) in [5.74, 6) is 4.62. The fourth-order valence-electron chi connectivity index (χ4n) is 4.68. The molecule has 0 amide bonds. The zero-order valence-corrected chi connectivity index (χ0v) is 29.5. The summed E-state index contributed by atoms with van der Waals surface area (Å²) in [5.41, 5.74) is 15.5. The van der Waals surface area contributed by atoms with Gasteiger partial charge in [-0.2, -0.15) is 8.62 Å². The molecule has 1 saturated carbocycles. The van der Waals surface area contributed by atoms with E-state index in [9.17, 15) is 37.9 Å². The number of phosphoric acid groups is 3. The van der Waals surface area contributed by atoms with Crippen molar-refractivity contribution < 1.29 is 70.2 Å². The monoisotopic (exact) mass is 806 g/mol. The van der Waals surface area contributed by atoms with Crippen LogP contribution in [0.4, 0.5) is 0 Å². The normalized spacial score (nSPS) is 20.6. The van der Waals surface area contributed by atoms with Gasteiger partial charge in [-0.05, 0) is 54.1 Å². The number of carbonyl (C=O) groups is 1. The van der Waals surface area contributed by atoms with Gasteiger partial charge in [0.2, 0.25) is 0 Å². The van der Waals surface area contributed by atoms with Crippen molar-refractivity contribution >= 4 is 29.4 Å². The number of H-pyrrole nitrogens is 1. The number of aromatic amines is 1.